The van der Waals surface area contributed by atoms with Crippen LogP contribution in [0.15, 0.2) is 12.1 Å². The summed E-state index contributed by atoms with van der Waals surface area (Å²) in [4.78, 5) is 0. The maximum Gasteiger partial charge on any atom is 0.163 e. The van der Waals surface area contributed by atoms with Gasteiger partial charge in [-0.2, -0.15) is 0 Å². The molecule has 13 heavy (non-hydrogen) atoms. The van der Waals surface area contributed by atoms with Crippen molar-refractivity contribution in [3.63, 3.8) is 0 Å². The van der Waals surface area contributed by atoms with E-state index in [0.29, 0.717) is 11.1 Å². The molecule has 1 N–H and O–H groups in total. The summed E-state index contributed by atoms with van der Waals surface area (Å²) in [5.41, 5.74) is 0.815. The highest BCUT2D eigenvalue weighted by molar-refractivity contribution is 5.28. The molecule has 1 heterocycles. The van der Waals surface area contributed by atoms with E-state index in [1.165, 1.54) is 0 Å². The van der Waals surface area contributed by atoms with Gasteiger partial charge < -0.3 is 5.32 Å². The van der Waals surface area contributed by atoms with Gasteiger partial charge in [-0.05, 0) is 25.5 Å². The summed E-state index contributed by atoms with van der Waals surface area (Å²) in [6.45, 7) is 2.45. The number of aryl methyl sites for hydroxylation is 1. The maximum absolute atomic E-state index is 13.3. The lowest BCUT2D eigenvalue weighted by Crippen LogP contribution is -2.35. The number of benzene rings is 1. The standard InChI is InChI=1S/C10H11F2N/c1-6-2-3-7(8-4-5-13-8)10(12)9(6)11/h2-3,8,13H,4-5H2,1H3/t8-/m1/s1. The van der Waals surface area contributed by atoms with Gasteiger partial charge in [0.1, 0.15) is 0 Å². The van der Waals surface area contributed by atoms with E-state index in [2.05, 4.69) is 5.32 Å². The van der Waals surface area contributed by atoms with Gasteiger partial charge in [0.25, 0.3) is 0 Å². The average Bonchev–Trinajstić information content (AvgIpc) is 2.03. The number of rotatable bonds is 1. The molecule has 0 radical (unpaired) electrons. The zero-order chi connectivity index (χ0) is 9.42. The van der Waals surface area contributed by atoms with Crippen LogP contribution in [0.2, 0.25) is 0 Å². The largest absolute Gasteiger partial charge is 0.310 e. The number of nitrogens with one attached hydrogen (secondary N) is 1. The summed E-state index contributed by atoms with van der Waals surface area (Å²) >= 11 is 0. The molecule has 0 spiro atoms. The van der Waals surface area contributed by atoms with Gasteiger partial charge in [0.05, 0.1) is 0 Å². The number of hydrogen-bond donors (Lipinski definition) is 1. The average molecular weight is 183 g/mol. The highest BCUT2D eigenvalue weighted by atomic mass is 19.2. The van der Waals surface area contributed by atoms with Crippen molar-refractivity contribution in [1.29, 1.82) is 0 Å². The molecule has 1 aliphatic rings. The Balaban J connectivity index is 2.41. The minimum absolute atomic E-state index is 0.00935. The van der Waals surface area contributed by atoms with Crippen molar-refractivity contribution in [3.05, 3.63) is 34.9 Å². The molecule has 1 aliphatic heterocycles. The first-order valence-corrected chi connectivity index (χ1v) is 4.38. The van der Waals surface area contributed by atoms with E-state index in [0.717, 1.165) is 13.0 Å². The van der Waals surface area contributed by atoms with Crippen LogP contribution in [-0.2, 0) is 0 Å². The molecule has 70 valence electrons. The lowest BCUT2D eigenvalue weighted by molar-refractivity contribution is 0.362. The van der Waals surface area contributed by atoms with Crippen LogP contribution in [0.3, 0.4) is 0 Å². The molecule has 0 saturated carbocycles. The van der Waals surface area contributed by atoms with Crippen molar-refractivity contribution < 1.29 is 8.78 Å². The van der Waals surface area contributed by atoms with Crippen LogP contribution in [0.5, 0.6) is 0 Å². The monoisotopic (exact) mass is 183 g/mol. The quantitative estimate of drug-likeness (QED) is 0.704. The van der Waals surface area contributed by atoms with Gasteiger partial charge in [0, 0.05) is 11.6 Å². The smallest absolute Gasteiger partial charge is 0.163 e. The van der Waals surface area contributed by atoms with Gasteiger partial charge in [-0.3, -0.25) is 0 Å². The van der Waals surface area contributed by atoms with Crippen molar-refractivity contribution in [1.82, 2.24) is 5.32 Å². The van der Waals surface area contributed by atoms with Gasteiger partial charge in [-0.15, -0.1) is 0 Å². The maximum atomic E-state index is 13.3. The van der Waals surface area contributed by atoms with Crippen molar-refractivity contribution in [2.45, 2.75) is 19.4 Å². The van der Waals surface area contributed by atoms with Gasteiger partial charge in [0.15, 0.2) is 11.6 Å². The summed E-state index contributed by atoms with van der Waals surface area (Å²) in [5.74, 6) is -1.41. The van der Waals surface area contributed by atoms with Crippen LogP contribution in [0.25, 0.3) is 0 Å². The predicted molar refractivity (Wildman–Crippen MR) is 46.5 cm³/mol. The normalized spacial score (nSPS) is 21.3. The van der Waals surface area contributed by atoms with Crippen LogP contribution >= 0.6 is 0 Å². The third kappa shape index (κ3) is 1.33. The number of halogens is 2. The Morgan fingerprint density at radius 3 is 2.54 bits per heavy atom. The molecule has 0 bridgehead atoms. The fourth-order valence-corrected chi connectivity index (χ4v) is 1.48. The first kappa shape index (κ1) is 8.63. The second-order valence-electron chi connectivity index (χ2n) is 3.40. The minimum atomic E-state index is -0.716. The summed E-state index contributed by atoms with van der Waals surface area (Å²) < 4.78 is 26.4. The van der Waals surface area contributed by atoms with Gasteiger partial charge in [-0.25, -0.2) is 8.78 Å². The first-order valence-electron chi connectivity index (χ1n) is 4.38. The van der Waals surface area contributed by atoms with Gasteiger partial charge in [0.2, 0.25) is 0 Å². The minimum Gasteiger partial charge on any atom is -0.310 e. The fraction of sp³-hybridized carbons (Fsp3) is 0.400. The third-order valence-corrected chi connectivity index (χ3v) is 2.50. The molecule has 3 heteroatoms. The molecule has 1 nitrogen and oxygen atoms in total. The Morgan fingerprint density at radius 1 is 1.31 bits per heavy atom. The molecule has 1 fully saturated rings. The Kier molecular flexibility index (Phi) is 2.04. The molecular formula is C10H11F2N. The van der Waals surface area contributed by atoms with E-state index in [1.54, 1.807) is 19.1 Å². The third-order valence-electron chi connectivity index (χ3n) is 2.50. The zero-order valence-electron chi connectivity index (χ0n) is 7.40. The molecule has 2 rings (SSSR count). The lowest BCUT2D eigenvalue weighted by atomic mass is 9.96. The predicted octanol–water partition coefficient (Wildman–Crippen LogP) is 2.31. The molecule has 1 saturated heterocycles. The van der Waals surface area contributed by atoms with E-state index >= 15 is 0 Å². The second kappa shape index (κ2) is 3.07. The van der Waals surface area contributed by atoms with Gasteiger partial charge >= 0.3 is 0 Å². The highest BCUT2D eigenvalue weighted by Crippen LogP contribution is 2.27. The highest BCUT2D eigenvalue weighted by Gasteiger charge is 2.23. The SMILES string of the molecule is Cc1ccc([C@H]2CCN2)c(F)c1F. The zero-order valence-corrected chi connectivity index (χ0v) is 7.40. The van der Waals surface area contributed by atoms with E-state index in [-0.39, 0.29) is 6.04 Å². The molecule has 1 aromatic rings. The Morgan fingerprint density at radius 2 is 2.00 bits per heavy atom. The topological polar surface area (TPSA) is 12.0 Å². The summed E-state index contributed by atoms with van der Waals surface area (Å²) in [7, 11) is 0. The van der Waals surface area contributed by atoms with Crippen molar-refractivity contribution in [2.75, 3.05) is 6.54 Å². The second-order valence-corrected chi connectivity index (χ2v) is 3.40. The summed E-state index contributed by atoms with van der Waals surface area (Å²) in [5, 5.41) is 3.04. The molecule has 1 atom stereocenters. The van der Waals surface area contributed by atoms with Crippen LogP contribution < -0.4 is 5.32 Å². The Labute approximate surface area is 75.8 Å². The lowest BCUT2D eigenvalue weighted by Gasteiger charge is -2.28. The van der Waals surface area contributed by atoms with E-state index in [9.17, 15) is 8.78 Å². The molecule has 0 amide bonds. The molecule has 1 aromatic carbocycles. The van der Waals surface area contributed by atoms with Crippen molar-refractivity contribution in [2.24, 2.45) is 0 Å². The van der Waals surface area contributed by atoms with E-state index in [4.69, 9.17) is 0 Å². The van der Waals surface area contributed by atoms with Crippen molar-refractivity contribution >= 4 is 0 Å². The molecule has 0 unspecified atom stereocenters. The summed E-state index contributed by atoms with van der Waals surface area (Å²) in [6, 6.07) is 3.29. The molecular weight excluding hydrogens is 172 g/mol. The van der Waals surface area contributed by atoms with E-state index in [1.807, 2.05) is 0 Å². The fourth-order valence-electron chi connectivity index (χ4n) is 1.48. The van der Waals surface area contributed by atoms with Gasteiger partial charge in [-0.1, -0.05) is 12.1 Å². The van der Waals surface area contributed by atoms with Crippen LogP contribution in [0.4, 0.5) is 8.78 Å². The number of hydrogen-bond acceptors (Lipinski definition) is 1. The Bertz CT molecular complexity index is 332. The van der Waals surface area contributed by atoms with Crippen molar-refractivity contribution in [3.8, 4) is 0 Å². The first-order chi connectivity index (χ1) is 6.20. The van der Waals surface area contributed by atoms with Crippen LogP contribution in [0.1, 0.15) is 23.6 Å². The van der Waals surface area contributed by atoms with Crippen LogP contribution in [0, 0.1) is 18.6 Å². The Hall–Kier alpha value is -0.960. The van der Waals surface area contributed by atoms with E-state index < -0.39 is 11.6 Å². The molecule has 0 aromatic heterocycles. The summed E-state index contributed by atoms with van der Waals surface area (Å²) in [6.07, 6.45) is 0.888. The molecule has 0 aliphatic carbocycles. The van der Waals surface area contributed by atoms with Crippen LogP contribution in [-0.4, -0.2) is 6.54 Å².